The van der Waals surface area contributed by atoms with Crippen molar-refractivity contribution < 1.29 is 4.79 Å². The molecule has 6 nitrogen and oxygen atoms in total. The average molecular weight is 524 g/mol. The van der Waals surface area contributed by atoms with Crippen molar-refractivity contribution in [2.75, 3.05) is 19.6 Å². The Bertz CT molecular complexity index is 950. The summed E-state index contributed by atoms with van der Waals surface area (Å²) >= 11 is 1.44. The van der Waals surface area contributed by atoms with Gasteiger partial charge < -0.3 is 16.0 Å². The molecule has 1 amide bonds. The second kappa shape index (κ2) is 15.5. The highest BCUT2D eigenvalue weighted by molar-refractivity contribution is 7.98. The van der Waals surface area contributed by atoms with Crippen LogP contribution in [-0.2, 0) is 30.7 Å². The fraction of sp³-hybridized carbons (Fsp3) is 0.600. The molecule has 202 valence electrons. The molecule has 4 N–H and O–H groups in total. The van der Waals surface area contributed by atoms with Crippen molar-refractivity contribution in [2.24, 2.45) is 5.92 Å². The van der Waals surface area contributed by atoms with Crippen LogP contribution in [0.2, 0.25) is 0 Å². The molecule has 1 aromatic carbocycles. The highest BCUT2D eigenvalue weighted by atomic mass is 32.2. The van der Waals surface area contributed by atoms with Crippen LogP contribution in [0.1, 0.15) is 74.3 Å². The number of aryl methyl sites for hydroxylation is 1. The van der Waals surface area contributed by atoms with Gasteiger partial charge in [0.25, 0.3) is 0 Å². The van der Waals surface area contributed by atoms with Gasteiger partial charge in [0, 0.05) is 25.3 Å². The molecule has 1 unspecified atom stereocenters. The van der Waals surface area contributed by atoms with Gasteiger partial charge in [-0.25, -0.2) is 0 Å². The van der Waals surface area contributed by atoms with Gasteiger partial charge in [0.2, 0.25) is 5.91 Å². The molecule has 0 spiro atoms. The maximum Gasteiger partial charge on any atom is 0.234 e. The quantitative estimate of drug-likeness (QED) is 0.215. The first-order valence-electron chi connectivity index (χ1n) is 14.3. The highest BCUT2D eigenvalue weighted by Gasteiger charge is 2.19. The third-order valence-corrected chi connectivity index (χ3v) is 8.56. The second-order valence-electron chi connectivity index (χ2n) is 10.7. The summed E-state index contributed by atoms with van der Waals surface area (Å²) in [6.45, 7) is 6.52. The first-order chi connectivity index (χ1) is 18.2. The number of carbonyl (C=O) groups excluding carboxylic acids is 1. The number of hydrogen-bond acceptors (Lipinski definition) is 6. The maximum absolute atomic E-state index is 12.5. The van der Waals surface area contributed by atoms with Gasteiger partial charge in [-0.3, -0.25) is 14.5 Å². The molecule has 2 aliphatic rings. The van der Waals surface area contributed by atoms with E-state index >= 15 is 0 Å². The van der Waals surface area contributed by atoms with E-state index in [1.807, 2.05) is 25.1 Å². The third-order valence-electron chi connectivity index (χ3n) is 7.68. The van der Waals surface area contributed by atoms with Crippen molar-refractivity contribution in [3.05, 3.63) is 65.0 Å². The molecular formula is C30H45N5OS. The van der Waals surface area contributed by atoms with E-state index in [4.69, 9.17) is 0 Å². The Kier molecular flexibility index (Phi) is 11.7. The number of nitrogens with zero attached hydrogens (tertiary/aromatic N) is 1. The van der Waals surface area contributed by atoms with Crippen molar-refractivity contribution in [3.63, 3.8) is 0 Å². The minimum atomic E-state index is -0.169. The second-order valence-corrected chi connectivity index (χ2v) is 11.9. The van der Waals surface area contributed by atoms with Crippen LogP contribution in [0.3, 0.4) is 0 Å². The summed E-state index contributed by atoms with van der Waals surface area (Å²) in [6.07, 6.45) is 13.5. The van der Waals surface area contributed by atoms with E-state index in [0.717, 1.165) is 50.1 Å². The number of aromatic nitrogens is 1. The van der Waals surface area contributed by atoms with Crippen LogP contribution < -0.4 is 20.7 Å². The van der Waals surface area contributed by atoms with E-state index in [0.29, 0.717) is 13.1 Å². The van der Waals surface area contributed by atoms with Crippen molar-refractivity contribution in [1.29, 1.82) is 0 Å². The minimum absolute atomic E-state index is 0.0521. The largest absolute Gasteiger partial charge is 0.351 e. The summed E-state index contributed by atoms with van der Waals surface area (Å²) in [5.41, 5.74) is 5.10. The van der Waals surface area contributed by atoms with Gasteiger partial charge in [-0.15, -0.1) is 0 Å². The highest BCUT2D eigenvalue weighted by Crippen LogP contribution is 2.26. The summed E-state index contributed by atoms with van der Waals surface area (Å²) in [5.74, 6) is 0.775. The molecule has 1 saturated carbocycles. The van der Waals surface area contributed by atoms with Crippen LogP contribution in [0.15, 0.2) is 42.6 Å². The van der Waals surface area contributed by atoms with E-state index in [1.165, 1.54) is 73.6 Å². The van der Waals surface area contributed by atoms with Crippen LogP contribution in [0, 0.1) is 5.92 Å². The summed E-state index contributed by atoms with van der Waals surface area (Å²) in [7, 11) is 0. The fourth-order valence-electron chi connectivity index (χ4n) is 5.43. The standard InChI is InChI=1S/C30H45N5OS/c1-23(37-35-22-29-10-5-6-16-33-29)30(36)34-21-25-12-14-26-18-24(11-13-27(26)19-25)20-31-15-7-17-32-28-8-3-2-4-9-28/h5-6,10,12,14,16,19,23-24,28,31-32,35H,2-4,7-9,11,13,15,17-18,20-22H2,1H3,(H,34,36)/t23-,24?/m0/s1. The lowest BCUT2D eigenvalue weighted by Gasteiger charge is -2.26. The zero-order valence-electron chi connectivity index (χ0n) is 22.4. The van der Waals surface area contributed by atoms with Gasteiger partial charge in [0.1, 0.15) is 0 Å². The fourth-order valence-corrected chi connectivity index (χ4v) is 6.10. The summed E-state index contributed by atoms with van der Waals surface area (Å²) in [4.78, 5) is 16.8. The van der Waals surface area contributed by atoms with Gasteiger partial charge >= 0.3 is 0 Å². The number of nitrogens with one attached hydrogen (secondary N) is 4. The number of carbonyl (C=O) groups is 1. The maximum atomic E-state index is 12.5. The van der Waals surface area contributed by atoms with Crippen molar-refractivity contribution in [1.82, 2.24) is 25.7 Å². The number of rotatable bonds is 14. The van der Waals surface area contributed by atoms with E-state index < -0.39 is 0 Å². The molecule has 4 rings (SSSR count). The Morgan fingerprint density at radius 2 is 1.95 bits per heavy atom. The van der Waals surface area contributed by atoms with Crippen molar-refractivity contribution >= 4 is 17.9 Å². The van der Waals surface area contributed by atoms with Gasteiger partial charge in [-0.1, -0.05) is 55.5 Å². The molecule has 2 aromatic rings. The molecule has 2 aliphatic carbocycles. The Labute approximate surface area is 227 Å². The molecular weight excluding hydrogens is 478 g/mol. The molecule has 2 atom stereocenters. The lowest BCUT2D eigenvalue weighted by Crippen LogP contribution is -2.34. The third kappa shape index (κ3) is 9.71. The molecule has 37 heavy (non-hydrogen) atoms. The number of hydrogen-bond donors (Lipinski definition) is 4. The summed E-state index contributed by atoms with van der Waals surface area (Å²) < 4.78 is 3.25. The van der Waals surface area contributed by atoms with Gasteiger partial charge in [0.15, 0.2) is 0 Å². The molecule has 0 radical (unpaired) electrons. The van der Waals surface area contributed by atoms with Crippen LogP contribution in [0.4, 0.5) is 0 Å². The first kappa shape index (κ1) is 28.1. The lowest BCUT2D eigenvalue weighted by molar-refractivity contribution is -0.120. The summed E-state index contributed by atoms with van der Waals surface area (Å²) in [6, 6.07) is 13.4. The van der Waals surface area contributed by atoms with Gasteiger partial charge in [-0.2, -0.15) is 0 Å². The molecule has 0 saturated heterocycles. The lowest BCUT2D eigenvalue weighted by atomic mass is 9.83. The van der Waals surface area contributed by atoms with Crippen LogP contribution in [-0.4, -0.2) is 41.8 Å². The van der Waals surface area contributed by atoms with E-state index in [-0.39, 0.29) is 11.2 Å². The predicted octanol–water partition coefficient (Wildman–Crippen LogP) is 4.53. The molecule has 7 heteroatoms. The van der Waals surface area contributed by atoms with Crippen LogP contribution >= 0.6 is 11.9 Å². The van der Waals surface area contributed by atoms with Crippen LogP contribution in [0.5, 0.6) is 0 Å². The van der Waals surface area contributed by atoms with Gasteiger partial charge in [0.05, 0.1) is 10.9 Å². The van der Waals surface area contributed by atoms with Crippen molar-refractivity contribution in [3.8, 4) is 0 Å². The number of amides is 1. The van der Waals surface area contributed by atoms with E-state index in [1.54, 1.807) is 6.20 Å². The Balaban J connectivity index is 1.09. The monoisotopic (exact) mass is 523 g/mol. The van der Waals surface area contributed by atoms with E-state index in [9.17, 15) is 4.79 Å². The zero-order chi connectivity index (χ0) is 25.7. The predicted molar refractivity (Wildman–Crippen MR) is 154 cm³/mol. The minimum Gasteiger partial charge on any atom is -0.351 e. The SMILES string of the molecule is C[C@H](SNCc1ccccn1)C(=O)NCc1ccc2c(c1)CCC(CNCCCNC1CCCCC1)C2. The topological polar surface area (TPSA) is 78.1 Å². The van der Waals surface area contributed by atoms with Gasteiger partial charge in [-0.05, 0) is 99.8 Å². The Morgan fingerprint density at radius 3 is 2.78 bits per heavy atom. The van der Waals surface area contributed by atoms with Crippen LogP contribution in [0.25, 0.3) is 0 Å². The Morgan fingerprint density at radius 1 is 1.05 bits per heavy atom. The van der Waals surface area contributed by atoms with E-state index in [2.05, 4.69) is 43.9 Å². The van der Waals surface area contributed by atoms with Crippen molar-refractivity contribution in [2.45, 2.75) is 89.1 Å². The zero-order valence-corrected chi connectivity index (χ0v) is 23.3. The summed E-state index contributed by atoms with van der Waals surface area (Å²) in [5, 5.41) is 10.4. The molecule has 0 aliphatic heterocycles. The molecule has 0 bridgehead atoms. The number of pyridine rings is 1. The first-order valence-corrected chi connectivity index (χ1v) is 15.2. The Hall–Kier alpha value is -1.93. The average Bonchev–Trinajstić information content (AvgIpc) is 2.94. The number of fused-ring (bicyclic) bond motifs is 1. The smallest absolute Gasteiger partial charge is 0.234 e. The number of benzene rings is 1. The molecule has 1 aromatic heterocycles. The molecule has 1 heterocycles. The normalized spacial score (nSPS) is 18.8. The molecule has 1 fully saturated rings.